The molecule has 2 atom stereocenters. The summed E-state index contributed by atoms with van der Waals surface area (Å²) in [5, 5.41) is 2.87. The van der Waals surface area contributed by atoms with Crippen molar-refractivity contribution in [1.29, 1.82) is 0 Å². The molecule has 1 saturated carbocycles. The summed E-state index contributed by atoms with van der Waals surface area (Å²) in [6.07, 6.45) is 3.63. The number of carbonyl (C=O) groups is 2. The third-order valence-electron chi connectivity index (χ3n) is 3.29. The van der Waals surface area contributed by atoms with E-state index in [0.717, 1.165) is 38.8 Å². The van der Waals surface area contributed by atoms with Crippen LogP contribution in [0.5, 0.6) is 0 Å². The van der Waals surface area contributed by atoms with Gasteiger partial charge in [-0.25, -0.2) is 0 Å². The highest BCUT2D eigenvalue weighted by Crippen LogP contribution is 2.40. The summed E-state index contributed by atoms with van der Waals surface area (Å²) >= 11 is 0. The van der Waals surface area contributed by atoms with Crippen LogP contribution < -0.4 is 5.32 Å². The van der Waals surface area contributed by atoms with Gasteiger partial charge in [-0.05, 0) is 25.7 Å². The topological polar surface area (TPSA) is 49.4 Å². The molecule has 0 bridgehead atoms. The molecule has 0 radical (unpaired) electrons. The van der Waals surface area contributed by atoms with E-state index in [1.54, 1.807) is 0 Å². The SMILES string of the molecule is CCCNC(=O)C1CC1C(=O)N(CCC)CCC. The molecule has 2 unspecified atom stereocenters. The van der Waals surface area contributed by atoms with Gasteiger partial charge in [-0.3, -0.25) is 9.59 Å². The molecule has 1 aliphatic rings. The number of hydrogen-bond donors (Lipinski definition) is 1. The minimum Gasteiger partial charge on any atom is -0.356 e. The molecule has 0 spiro atoms. The predicted molar refractivity (Wildman–Crippen MR) is 72.1 cm³/mol. The second-order valence-electron chi connectivity index (χ2n) is 5.07. The van der Waals surface area contributed by atoms with Crippen molar-refractivity contribution in [2.45, 2.75) is 46.5 Å². The lowest BCUT2D eigenvalue weighted by Crippen LogP contribution is -2.35. The Balaban J connectivity index is 2.41. The van der Waals surface area contributed by atoms with Gasteiger partial charge in [0.05, 0.1) is 11.8 Å². The Hall–Kier alpha value is -1.06. The van der Waals surface area contributed by atoms with Crippen molar-refractivity contribution in [2.24, 2.45) is 11.8 Å². The lowest BCUT2D eigenvalue weighted by Gasteiger charge is -2.21. The van der Waals surface area contributed by atoms with Gasteiger partial charge in [0, 0.05) is 19.6 Å². The quantitative estimate of drug-likeness (QED) is 0.718. The maximum Gasteiger partial charge on any atom is 0.226 e. The van der Waals surface area contributed by atoms with Crippen molar-refractivity contribution < 1.29 is 9.59 Å². The first-order valence-electron chi connectivity index (χ1n) is 7.22. The molecule has 0 aromatic carbocycles. The van der Waals surface area contributed by atoms with Crippen LogP contribution in [-0.4, -0.2) is 36.3 Å². The van der Waals surface area contributed by atoms with Crippen molar-refractivity contribution in [3.63, 3.8) is 0 Å². The molecule has 1 fully saturated rings. The summed E-state index contributed by atoms with van der Waals surface area (Å²) in [6.45, 7) is 8.52. The fraction of sp³-hybridized carbons (Fsp3) is 0.857. The van der Waals surface area contributed by atoms with Gasteiger partial charge >= 0.3 is 0 Å². The second-order valence-corrected chi connectivity index (χ2v) is 5.07. The summed E-state index contributed by atoms with van der Waals surface area (Å²) in [7, 11) is 0. The molecule has 0 aliphatic heterocycles. The number of amides is 2. The zero-order valence-electron chi connectivity index (χ0n) is 11.9. The zero-order valence-corrected chi connectivity index (χ0v) is 11.9. The molecular formula is C14H26N2O2. The number of hydrogen-bond acceptors (Lipinski definition) is 2. The summed E-state index contributed by atoms with van der Waals surface area (Å²) < 4.78 is 0. The highest BCUT2D eigenvalue weighted by atomic mass is 16.2. The molecule has 1 N–H and O–H groups in total. The van der Waals surface area contributed by atoms with Gasteiger partial charge in [-0.1, -0.05) is 20.8 Å². The summed E-state index contributed by atoms with van der Waals surface area (Å²) in [6, 6.07) is 0. The van der Waals surface area contributed by atoms with Crippen molar-refractivity contribution in [1.82, 2.24) is 10.2 Å². The normalized spacial score (nSPS) is 21.5. The first-order chi connectivity index (χ1) is 8.65. The van der Waals surface area contributed by atoms with Gasteiger partial charge in [-0.2, -0.15) is 0 Å². The Bertz CT molecular complexity index is 286. The molecule has 1 aliphatic carbocycles. The van der Waals surface area contributed by atoms with Gasteiger partial charge in [0.2, 0.25) is 11.8 Å². The molecule has 0 aromatic rings. The number of nitrogens with one attached hydrogen (secondary N) is 1. The monoisotopic (exact) mass is 254 g/mol. The van der Waals surface area contributed by atoms with Gasteiger partial charge in [0.1, 0.15) is 0 Å². The van der Waals surface area contributed by atoms with E-state index in [0.29, 0.717) is 6.54 Å². The number of carbonyl (C=O) groups excluding carboxylic acids is 2. The zero-order chi connectivity index (χ0) is 13.5. The Kier molecular flexibility index (Phi) is 6.16. The summed E-state index contributed by atoms with van der Waals surface area (Å²) in [4.78, 5) is 25.9. The molecule has 104 valence electrons. The third-order valence-corrected chi connectivity index (χ3v) is 3.29. The van der Waals surface area contributed by atoms with Gasteiger partial charge in [-0.15, -0.1) is 0 Å². The average molecular weight is 254 g/mol. The Morgan fingerprint density at radius 1 is 1.06 bits per heavy atom. The number of nitrogens with zero attached hydrogens (tertiary/aromatic N) is 1. The molecule has 4 nitrogen and oxygen atoms in total. The fourth-order valence-corrected chi connectivity index (χ4v) is 2.24. The van der Waals surface area contributed by atoms with Gasteiger partial charge in [0.25, 0.3) is 0 Å². The Labute approximate surface area is 110 Å². The molecule has 4 heteroatoms. The van der Waals surface area contributed by atoms with Crippen LogP contribution in [0.2, 0.25) is 0 Å². The largest absolute Gasteiger partial charge is 0.356 e. The van der Waals surface area contributed by atoms with E-state index in [1.807, 2.05) is 11.8 Å². The van der Waals surface area contributed by atoms with E-state index in [-0.39, 0.29) is 23.7 Å². The lowest BCUT2D eigenvalue weighted by molar-refractivity contribution is -0.134. The number of rotatable bonds is 8. The van der Waals surface area contributed by atoms with E-state index < -0.39 is 0 Å². The predicted octanol–water partition coefficient (Wildman–Crippen LogP) is 1.80. The second kappa shape index (κ2) is 7.39. The molecule has 0 heterocycles. The molecule has 18 heavy (non-hydrogen) atoms. The fourth-order valence-electron chi connectivity index (χ4n) is 2.24. The van der Waals surface area contributed by atoms with Crippen molar-refractivity contribution in [3.8, 4) is 0 Å². The van der Waals surface area contributed by atoms with Crippen LogP contribution in [-0.2, 0) is 9.59 Å². The van der Waals surface area contributed by atoms with E-state index in [2.05, 4.69) is 19.2 Å². The first-order valence-corrected chi connectivity index (χ1v) is 7.22. The summed E-state index contributed by atoms with van der Waals surface area (Å²) in [5.74, 6) is 0.110. The minimum atomic E-state index is -0.0692. The van der Waals surface area contributed by atoms with Crippen LogP contribution in [0.3, 0.4) is 0 Å². The molecule has 0 aromatic heterocycles. The van der Waals surface area contributed by atoms with E-state index in [4.69, 9.17) is 0 Å². The van der Waals surface area contributed by atoms with Crippen LogP contribution in [0.15, 0.2) is 0 Å². The van der Waals surface area contributed by atoms with Crippen LogP contribution in [0.4, 0.5) is 0 Å². The van der Waals surface area contributed by atoms with Crippen LogP contribution >= 0.6 is 0 Å². The minimum absolute atomic E-state index is 0.0556. The van der Waals surface area contributed by atoms with Crippen molar-refractivity contribution in [3.05, 3.63) is 0 Å². The van der Waals surface area contributed by atoms with Crippen molar-refractivity contribution in [2.75, 3.05) is 19.6 Å². The maximum absolute atomic E-state index is 12.2. The molecule has 1 rings (SSSR count). The van der Waals surface area contributed by atoms with E-state index in [9.17, 15) is 9.59 Å². The molecular weight excluding hydrogens is 228 g/mol. The highest BCUT2D eigenvalue weighted by molar-refractivity contribution is 5.92. The van der Waals surface area contributed by atoms with Crippen LogP contribution in [0, 0.1) is 11.8 Å². The first kappa shape index (κ1) is 15.0. The van der Waals surface area contributed by atoms with E-state index >= 15 is 0 Å². The van der Waals surface area contributed by atoms with Crippen LogP contribution in [0.25, 0.3) is 0 Å². The lowest BCUT2D eigenvalue weighted by atomic mass is 10.2. The van der Waals surface area contributed by atoms with Crippen LogP contribution in [0.1, 0.15) is 46.5 Å². The standard InChI is InChI=1S/C14H26N2O2/c1-4-7-15-13(17)11-10-12(11)14(18)16(8-5-2)9-6-3/h11-12H,4-10H2,1-3H3,(H,15,17). The Morgan fingerprint density at radius 3 is 2.17 bits per heavy atom. The van der Waals surface area contributed by atoms with Gasteiger partial charge in [0.15, 0.2) is 0 Å². The van der Waals surface area contributed by atoms with Gasteiger partial charge < -0.3 is 10.2 Å². The maximum atomic E-state index is 12.2. The van der Waals surface area contributed by atoms with E-state index in [1.165, 1.54) is 0 Å². The Morgan fingerprint density at radius 2 is 1.67 bits per heavy atom. The molecule has 2 amide bonds. The molecule has 0 saturated heterocycles. The highest BCUT2D eigenvalue weighted by Gasteiger charge is 2.49. The van der Waals surface area contributed by atoms with Crippen molar-refractivity contribution >= 4 is 11.8 Å². The average Bonchev–Trinajstić information content (AvgIpc) is 3.15. The smallest absolute Gasteiger partial charge is 0.226 e. The summed E-state index contributed by atoms with van der Waals surface area (Å²) in [5.41, 5.74) is 0. The third kappa shape index (κ3) is 4.00.